The van der Waals surface area contributed by atoms with Crippen molar-refractivity contribution in [1.29, 1.82) is 0 Å². The number of hydrogen-bond acceptors (Lipinski definition) is 4. The van der Waals surface area contributed by atoms with Crippen molar-refractivity contribution in [3.8, 4) is 0 Å². The molecule has 1 unspecified atom stereocenters. The number of amides is 1. The topological polar surface area (TPSA) is 73.6 Å². The van der Waals surface area contributed by atoms with Crippen LogP contribution in [0.4, 0.5) is 0 Å². The fourth-order valence-corrected chi connectivity index (χ4v) is 1.32. The van der Waals surface area contributed by atoms with Gasteiger partial charge in [0.1, 0.15) is 0 Å². The number of carbonyl (C=O) groups excluding carboxylic acids is 1. The van der Waals surface area contributed by atoms with E-state index in [9.17, 15) is 4.79 Å². The van der Waals surface area contributed by atoms with Crippen molar-refractivity contribution in [2.45, 2.75) is 45.3 Å². The summed E-state index contributed by atoms with van der Waals surface area (Å²) in [5.74, 6) is -0.00734. The quantitative estimate of drug-likeness (QED) is 0.556. The smallest absolute Gasteiger partial charge is 0.222 e. The van der Waals surface area contributed by atoms with E-state index in [0.717, 1.165) is 19.4 Å². The maximum Gasteiger partial charge on any atom is 0.222 e. The van der Waals surface area contributed by atoms with Gasteiger partial charge in [0.25, 0.3) is 0 Å². The van der Waals surface area contributed by atoms with Crippen LogP contribution in [0, 0.1) is 0 Å². The highest BCUT2D eigenvalue weighted by atomic mass is 16.5. The van der Waals surface area contributed by atoms with E-state index in [1.54, 1.807) is 7.11 Å². The summed E-state index contributed by atoms with van der Waals surface area (Å²) in [4.78, 5) is 11.4. The predicted molar refractivity (Wildman–Crippen MR) is 67.8 cm³/mol. The van der Waals surface area contributed by atoms with Gasteiger partial charge in [0, 0.05) is 26.8 Å². The Balaban J connectivity index is 3.39. The van der Waals surface area contributed by atoms with Crippen molar-refractivity contribution in [3.63, 3.8) is 0 Å². The molecule has 0 saturated heterocycles. The molecule has 0 rings (SSSR count). The molecule has 0 aliphatic carbocycles. The van der Waals surface area contributed by atoms with Crippen LogP contribution in [0.3, 0.4) is 0 Å². The maximum atomic E-state index is 11.4. The molecular weight excluding hydrogens is 220 g/mol. The van der Waals surface area contributed by atoms with Crippen molar-refractivity contribution in [1.82, 2.24) is 5.32 Å². The second-order valence-corrected chi connectivity index (χ2v) is 4.27. The van der Waals surface area contributed by atoms with Gasteiger partial charge in [-0.15, -0.1) is 0 Å². The lowest BCUT2D eigenvalue weighted by Gasteiger charge is -2.12. The van der Waals surface area contributed by atoms with Gasteiger partial charge in [0.15, 0.2) is 0 Å². The van der Waals surface area contributed by atoms with Crippen LogP contribution in [0.1, 0.15) is 33.1 Å². The monoisotopic (exact) mass is 246 g/mol. The average molecular weight is 246 g/mol. The zero-order valence-corrected chi connectivity index (χ0v) is 11.2. The molecule has 5 nitrogen and oxygen atoms in total. The van der Waals surface area contributed by atoms with E-state index in [-0.39, 0.29) is 18.1 Å². The standard InChI is InChI=1S/C12H26N2O3/c1-10(2)17-7-5-4-6-14-12(15)8-11(9-13)16-3/h10-11H,4-9,13H2,1-3H3,(H,14,15). The molecule has 0 aromatic heterocycles. The van der Waals surface area contributed by atoms with Gasteiger partial charge in [-0.2, -0.15) is 0 Å². The lowest BCUT2D eigenvalue weighted by molar-refractivity contribution is -0.123. The van der Waals surface area contributed by atoms with Crippen LogP contribution >= 0.6 is 0 Å². The highest BCUT2D eigenvalue weighted by Crippen LogP contribution is 1.96. The molecule has 102 valence electrons. The van der Waals surface area contributed by atoms with Crippen LogP contribution in [0.2, 0.25) is 0 Å². The lowest BCUT2D eigenvalue weighted by Crippen LogP contribution is -2.32. The Hall–Kier alpha value is -0.650. The van der Waals surface area contributed by atoms with Gasteiger partial charge in [-0.1, -0.05) is 0 Å². The van der Waals surface area contributed by atoms with E-state index in [2.05, 4.69) is 5.32 Å². The number of unbranched alkanes of at least 4 members (excludes halogenated alkanes) is 1. The van der Waals surface area contributed by atoms with Crippen LogP contribution < -0.4 is 11.1 Å². The molecule has 3 N–H and O–H groups in total. The van der Waals surface area contributed by atoms with Gasteiger partial charge in [-0.05, 0) is 26.7 Å². The van der Waals surface area contributed by atoms with Crippen molar-refractivity contribution in [3.05, 3.63) is 0 Å². The summed E-state index contributed by atoms with van der Waals surface area (Å²) in [7, 11) is 1.56. The van der Waals surface area contributed by atoms with Crippen LogP contribution in [-0.2, 0) is 14.3 Å². The molecule has 0 aliphatic rings. The number of nitrogens with one attached hydrogen (secondary N) is 1. The summed E-state index contributed by atoms with van der Waals surface area (Å²) in [5, 5.41) is 2.84. The van der Waals surface area contributed by atoms with E-state index >= 15 is 0 Å². The third kappa shape index (κ3) is 10.2. The minimum atomic E-state index is -0.181. The maximum absolute atomic E-state index is 11.4. The first kappa shape index (κ1) is 16.4. The molecule has 17 heavy (non-hydrogen) atoms. The first-order valence-corrected chi connectivity index (χ1v) is 6.21. The average Bonchev–Trinajstić information content (AvgIpc) is 2.30. The number of ether oxygens (including phenoxy) is 2. The molecule has 0 fully saturated rings. The third-order valence-electron chi connectivity index (χ3n) is 2.35. The zero-order chi connectivity index (χ0) is 13.1. The van der Waals surface area contributed by atoms with Gasteiger partial charge < -0.3 is 20.5 Å². The molecule has 0 heterocycles. The molecule has 0 aromatic carbocycles. The SMILES string of the molecule is COC(CN)CC(=O)NCCCCOC(C)C. The van der Waals surface area contributed by atoms with Gasteiger partial charge in [0.2, 0.25) is 5.91 Å². The Bertz CT molecular complexity index is 194. The predicted octanol–water partition coefficient (Wildman–Crippen LogP) is 0.672. The van der Waals surface area contributed by atoms with Crippen molar-refractivity contribution in [2.75, 3.05) is 26.8 Å². The number of nitrogens with two attached hydrogens (primary N) is 1. The molecule has 0 bridgehead atoms. The van der Waals surface area contributed by atoms with E-state index in [1.165, 1.54) is 0 Å². The summed E-state index contributed by atoms with van der Waals surface area (Å²) in [6.07, 6.45) is 2.31. The highest BCUT2D eigenvalue weighted by Gasteiger charge is 2.10. The molecule has 0 saturated carbocycles. The number of rotatable bonds is 10. The van der Waals surface area contributed by atoms with Crippen molar-refractivity contribution < 1.29 is 14.3 Å². The number of hydrogen-bond donors (Lipinski definition) is 2. The summed E-state index contributed by atoms with van der Waals surface area (Å²) < 4.78 is 10.4. The van der Waals surface area contributed by atoms with Crippen molar-refractivity contribution >= 4 is 5.91 Å². The summed E-state index contributed by atoms with van der Waals surface area (Å²) >= 11 is 0. The van der Waals surface area contributed by atoms with Crippen LogP contribution in [0.15, 0.2) is 0 Å². The molecule has 0 aliphatic heterocycles. The van der Waals surface area contributed by atoms with Gasteiger partial charge in [-0.25, -0.2) is 0 Å². The molecule has 5 heteroatoms. The Labute approximate surface area is 104 Å². The van der Waals surface area contributed by atoms with Crippen LogP contribution in [0.25, 0.3) is 0 Å². The summed E-state index contributed by atoms with van der Waals surface area (Å²) in [6, 6.07) is 0. The molecule has 1 amide bonds. The summed E-state index contributed by atoms with van der Waals surface area (Å²) in [6.45, 7) is 5.82. The molecule has 0 aromatic rings. The fourth-order valence-electron chi connectivity index (χ4n) is 1.32. The second-order valence-electron chi connectivity index (χ2n) is 4.27. The van der Waals surface area contributed by atoms with Gasteiger partial charge >= 0.3 is 0 Å². The summed E-state index contributed by atoms with van der Waals surface area (Å²) in [5.41, 5.74) is 5.43. The van der Waals surface area contributed by atoms with E-state index in [1.807, 2.05) is 13.8 Å². The van der Waals surface area contributed by atoms with E-state index in [0.29, 0.717) is 19.5 Å². The Morgan fingerprint density at radius 1 is 1.35 bits per heavy atom. The van der Waals surface area contributed by atoms with Crippen LogP contribution in [-0.4, -0.2) is 44.9 Å². The minimum Gasteiger partial charge on any atom is -0.380 e. The molecule has 0 spiro atoms. The highest BCUT2D eigenvalue weighted by molar-refractivity contribution is 5.76. The molecule has 0 radical (unpaired) electrons. The van der Waals surface area contributed by atoms with E-state index in [4.69, 9.17) is 15.2 Å². The first-order chi connectivity index (χ1) is 8.10. The van der Waals surface area contributed by atoms with E-state index < -0.39 is 0 Å². The van der Waals surface area contributed by atoms with Crippen LogP contribution in [0.5, 0.6) is 0 Å². The second kappa shape index (κ2) is 10.5. The fraction of sp³-hybridized carbons (Fsp3) is 0.917. The number of methoxy groups -OCH3 is 1. The lowest BCUT2D eigenvalue weighted by atomic mass is 10.2. The normalized spacial score (nSPS) is 12.8. The first-order valence-electron chi connectivity index (χ1n) is 6.21. The Morgan fingerprint density at radius 2 is 2.06 bits per heavy atom. The molecule has 1 atom stereocenters. The Kier molecular flexibility index (Phi) is 10.1. The largest absolute Gasteiger partial charge is 0.380 e. The Morgan fingerprint density at radius 3 is 2.59 bits per heavy atom. The minimum absolute atomic E-state index is 0.00734. The van der Waals surface area contributed by atoms with Crippen molar-refractivity contribution in [2.24, 2.45) is 5.73 Å². The zero-order valence-electron chi connectivity index (χ0n) is 11.2. The van der Waals surface area contributed by atoms with Gasteiger partial charge in [-0.3, -0.25) is 4.79 Å². The molecular formula is C12H26N2O3. The third-order valence-corrected chi connectivity index (χ3v) is 2.35. The number of carbonyl (C=O) groups is 1. The van der Waals surface area contributed by atoms with Gasteiger partial charge in [0.05, 0.1) is 18.6 Å².